The van der Waals surface area contributed by atoms with Gasteiger partial charge < -0.3 is 36.0 Å². The number of pyridine rings is 1. The van der Waals surface area contributed by atoms with Gasteiger partial charge in [0.25, 0.3) is 5.91 Å². The monoisotopic (exact) mass is 630 g/mol. The van der Waals surface area contributed by atoms with Crippen LogP contribution in [0.25, 0.3) is 11.0 Å². The second-order valence-corrected chi connectivity index (χ2v) is 12.0. The fraction of sp³-hybridized carbons (Fsp3) is 0.457. The number of aromatic hydroxyl groups is 1. The van der Waals surface area contributed by atoms with Gasteiger partial charge in [0.2, 0.25) is 0 Å². The topological polar surface area (TPSA) is 154 Å². The largest absolute Gasteiger partial charge is 0.508 e. The molecule has 11 heteroatoms. The van der Waals surface area contributed by atoms with E-state index < -0.39 is 6.10 Å². The molecule has 0 radical (unpaired) electrons. The second-order valence-electron chi connectivity index (χ2n) is 12.0. The van der Waals surface area contributed by atoms with E-state index in [4.69, 9.17) is 9.72 Å². The Labute approximate surface area is 270 Å². The number of nitrogens with one attached hydrogen (secondary N) is 3. The van der Waals surface area contributed by atoms with Gasteiger partial charge in [-0.2, -0.15) is 5.10 Å². The number of hydrogen-bond donors (Lipinski definition) is 6. The Kier molecular flexibility index (Phi) is 11.2. The number of aliphatic hydroxyl groups is 2. The first-order valence-electron chi connectivity index (χ1n) is 16.2. The van der Waals surface area contributed by atoms with Crippen molar-refractivity contribution in [2.45, 2.75) is 84.3 Å². The quantitative estimate of drug-likeness (QED) is 0.121. The van der Waals surface area contributed by atoms with Crippen molar-refractivity contribution in [3.05, 3.63) is 82.2 Å². The van der Waals surface area contributed by atoms with Gasteiger partial charge in [-0.05, 0) is 74.9 Å². The molecule has 1 saturated heterocycles. The molecule has 1 unspecified atom stereocenters. The average Bonchev–Trinajstić information content (AvgIpc) is 3.50. The van der Waals surface area contributed by atoms with Gasteiger partial charge in [-0.1, -0.05) is 25.1 Å². The van der Waals surface area contributed by atoms with E-state index in [0.29, 0.717) is 36.2 Å². The fourth-order valence-electron chi connectivity index (χ4n) is 6.01. The first kappa shape index (κ1) is 33.3. The molecule has 1 aliphatic heterocycles. The number of nitrogens with zero attached hydrogens (tertiary/aromatic N) is 3. The van der Waals surface area contributed by atoms with Crippen LogP contribution in [0, 0.1) is 0 Å². The van der Waals surface area contributed by atoms with Gasteiger partial charge >= 0.3 is 0 Å². The number of aromatic nitrogens is 3. The number of rotatable bonds is 14. The summed E-state index contributed by atoms with van der Waals surface area (Å²) in [7, 11) is 0. The molecular formula is C35H46N6O5. The van der Waals surface area contributed by atoms with Crippen LogP contribution in [0.3, 0.4) is 0 Å². The van der Waals surface area contributed by atoms with E-state index >= 15 is 0 Å². The van der Waals surface area contributed by atoms with Gasteiger partial charge in [0.15, 0.2) is 5.65 Å². The molecule has 1 fully saturated rings. The highest BCUT2D eigenvalue weighted by Gasteiger charge is 2.22. The van der Waals surface area contributed by atoms with E-state index in [0.717, 1.165) is 72.6 Å². The smallest absolute Gasteiger partial charge is 0.251 e. The van der Waals surface area contributed by atoms with Gasteiger partial charge in [-0.3, -0.25) is 4.79 Å². The molecule has 0 bridgehead atoms. The van der Waals surface area contributed by atoms with E-state index in [2.05, 4.69) is 34.9 Å². The number of phenols is 1. The third-order valence-electron chi connectivity index (χ3n) is 8.65. The van der Waals surface area contributed by atoms with Gasteiger partial charge in [0, 0.05) is 67.3 Å². The van der Waals surface area contributed by atoms with E-state index in [1.54, 1.807) is 12.1 Å². The van der Waals surface area contributed by atoms with Crippen LogP contribution in [0.5, 0.6) is 5.75 Å². The minimum atomic E-state index is -0.797. The summed E-state index contributed by atoms with van der Waals surface area (Å²) in [6.45, 7) is 8.67. The SMILES string of the molecule is CCc1nc2c(cnn2CC)c(NC2CCOCC2)c1CNC(=O)c1cccc(CC(C)NC[C@@H](O)c2ccc(O)c(CO)c2)c1. The van der Waals surface area contributed by atoms with Crippen molar-refractivity contribution in [2.75, 3.05) is 25.1 Å². The van der Waals surface area contributed by atoms with Crippen molar-refractivity contribution in [1.29, 1.82) is 0 Å². The number of carbonyl (C=O) groups excluding carboxylic acids is 1. The molecule has 46 heavy (non-hydrogen) atoms. The first-order chi connectivity index (χ1) is 22.3. The first-order valence-corrected chi connectivity index (χ1v) is 16.2. The summed E-state index contributed by atoms with van der Waals surface area (Å²) in [6, 6.07) is 12.6. The molecule has 2 aromatic heterocycles. The van der Waals surface area contributed by atoms with Crippen molar-refractivity contribution in [2.24, 2.45) is 0 Å². The lowest BCUT2D eigenvalue weighted by molar-refractivity contribution is 0.0904. The highest BCUT2D eigenvalue weighted by Crippen LogP contribution is 2.31. The van der Waals surface area contributed by atoms with E-state index in [1.807, 2.05) is 42.1 Å². The molecule has 246 valence electrons. The van der Waals surface area contributed by atoms with Crippen LogP contribution >= 0.6 is 0 Å². The standard InChI is InChI=1S/C35H46N6O5/c1-4-30-28(33(39-27-11-13-46-14-12-27)29-19-38-41(5-2)34(29)40-30)18-37-35(45)25-8-6-7-23(16-25)15-22(3)36-20-32(44)24-9-10-31(43)26(17-24)21-42/h6-10,16-17,19,22,27,32,36,42-44H,4-5,11-15,18,20-21H2,1-3H3,(H,37,45)(H,39,40)/t22?,32-/m1/s1. The van der Waals surface area contributed by atoms with E-state index in [-0.39, 0.29) is 30.3 Å². The molecule has 2 aromatic carbocycles. The Bertz CT molecular complexity index is 1630. The Morgan fingerprint density at radius 3 is 2.70 bits per heavy atom. The van der Waals surface area contributed by atoms with Gasteiger partial charge in [-0.15, -0.1) is 0 Å². The third-order valence-corrected chi connectivity index (χ3v) is 8.65. The molecule has 4 aromatic rings. The van der Waals surface area contributed by atoms with Crippen LogP contribution in [-0.4, -0.2) is 67.8 Å². The molecule has 3 heterocycles. The maximum atomic E-state index is 13.4. The Balaban J connectivity index is 1.25. The fourth-order valence-corrected chi connectivity index (χ4v) is 6.01. The zero-order valence-electron chi connectivity index (χ0n) is 26.9. The summed E-state index contributed by atoms with van der Waals surface area (Å²) in [4.78, 5) is 18.4. The van der Waals surface area contributed by atoms with Crippen LogP contribution in [0.15, 0.2) is 48.7 Å². The molecule has 6 N–H and O–H groups in total. The lowest BCUT2D eigenvalue weighted by atomic mass is 10.0. The van der Waals surface area contributed by atoms with Crippen LogP contribution < -0.4 is 16.0 Å². The van der Waals surface area contributed by atoms with Gasteiger partial charge in [0.05, 0.1) is 30.0 Å². The van der Waals surface area contributed by atoms with Crippen LogP contribution in [0.1, 0.15) is 78.0 Å². The average molecular weight is 631 g/mol. The lowest BCUT2D eigenvalue weighted by Gasteiger charge is -2.26. The molecule has 1 aliphatic rings. The number of benzene rings is 2. The van der Waals surface area contributed by atoms with Gasteiger partial charge in [0.1, 0.15) is 5.75 Å². The molecule has 0 spiro atoms. The number of amides is 1. The summed E-state index contributed by atoms with van der Waals surface area (Å²) < 4.78 is 7.49. The zero-order valence-corrected chi connectivity index (χ0v) is 26.9. The van der Waals surface area contributed by atoms with Crippen LogP contribution in [-0.2, 0) is 37.3 Å². The second kappa shape index (κ2) is 15.5. The van der Waals surface area contributed by atoms with Crippen molar-refractivity contribution in [3.63, 3.8) is 0 Å². The summed E-state index contributed by atoms with van der Waals surface area (Å²) in [5.74, 6) is -0.156. The van der Waals surface area contributed by atoms with E-state index in [1.165, 1.54) is 6.07 Å². The maximum absolute atomic E-state index is 13.4. The highest BCUT2D eigenvalue weighted by atomic mass is 16.5. The van der Waals surface area contributed by atoms with Crippen LogP contribution in [0.4, 0.5) is 5.69 Å². The minimum absolute atomic E-state index is 0.00306. The zero-order chi connectivity index (χ0) is 32.6. The molecule has 11 nitrogen and oxygen atoms in total. The molecule has 2 atom stereocenters. The highest BCUT2D eigenvalue weighted by molar-refractivity contribution is 5.95. The van der Waals surface area contributed by atoms with E-state index in [9.17, 15) is 20.1 Å². The predicted octanol–water partition coefficient (Wildman–Crippen LogP) is 3.99. The molecule has 0 saturated carbocycles. The Hall–Kier alpha value is -4.03. The van der Waals surface area contributed by atoms with Crippen LogP contribution in [0.2, 0.25) is 0 Å². The third kappa shape index (κ3) is 7.84. The van der Waals surface area contributed by atoms with Crippen molar-refractivity contribution in [1.82, 2.24) is 25.4 Å². The molecular weight excluding hydrogens is 584 g/mol. The maximum Gasteiger partial charge on any atom is 0.251 e. The number of ether oxygens (including phenoxy) is 1. The number of carbonyl (C=O) groups is 1. The number of aliphatic hydroxyl groups excluding tert-OH is 2. The summed E-state index contributed by atoms with van der Waals surface area (Å²) in [5, 5.41) is 45.6. The van der Waals surface area contributed by atoms with Gasteiger partial charge in [-0.25, -0.2) is 9.67 Å². The predicted molar refractivity (Wildman–Crippen MR) is 178 cm³/mol. The Morgan fingerprint density at radius 2 is 1.96 bits per heavy atom. The van der Waals surface area contributed by atoms with Crippen molar-refractivity contribution < 1.29 is 24.9 Å². The summed E-state index contributed by atoms with van der Waals surface area (Å²) in [6.07, 6.45) is 4.29. The Morgan fingerprint density at radius 1 is 1.15 bits per heavy atom. The number of fused-ring (bicyclic) bond motifs is 1. The minimum Gasteiger partial charge on any atom is -0.508 e. The van der Waals surface area contributed by atoms with Crippen molar-refractivity contribution in [3.8, 4) is 5.75 Å². The summed E-state index contributed by atoms with van der Waals surface area (Å²) in [5.41, 5.74) is 6.34. The summed E-state index contributed by atoms with van der Waals surface area (Å²) >= 11 is 0. The number of aryl methyl sites for hydroxylation is 2. The number of anilines is 1. The molecule has 0 aliphatic carbocycles. The normalized spacial score (nSPS) is 15.2. The molecule has 5 rings (SSSR count). The lowest BCUT2D eigenvalue weighted by Crippen LogP contribution is -2.32. The van der Waals surface area contributed by atoms with Crippen molar-refractivity contribution >= 4 is 22.6 Å². The molecule has 1 amide bonds. The number of hydrogen-bond acceptors (Lipinski definition) is 9.